The molecule has 1 amide bonds. The number of carboxylic acid groups (broad SMARTS) is 4. The minimum Gasteiger partial charge on any atom is -0.483 e. The van der Waals surface area contributed by atoms with Crippen molar-refractivity contribution in [3.05, 3.63) is 0 Å². The standard InChI is InChI=1S/CH3NO2.CH2O3.CH2O2/c2*2-1(3)4;2-1-3/h2H2,(H,3,4);(H2,2,3,4);1H,(H,2,3). The Morgan fingerprint density at radius 2 is 1.18 bits per heavy atom. The van der Waals surface area contributed by atoms with E-state index in [0.717, 1.165) is 0 Å². The predicted molar refractivity (Wildman–Crippen MR) is 31.6 cm³/mol. The van der Waals surface area contributed by atoms with Crippen molar-refractivity contribution >= 4 is 18.7 Å². The van der Waals surface area contributed by atoms with Crippen LogP contribution in [0.2, 0.25) is 0 Å². The van der Waals surface area contributed by atoms with Crippen molar-refractivity contribution in [2.24, 2.45) is 5.73 Å². The zero-order chi connectivity index (χ0) is 9.86. The fraction of sp³-hybridized carbons (Fsp3) is 0. The molecule has 8 nitrogen and oxygen atoms in total. The molecule has 6 N–H and O–H groups in total. The van der Waals surface area contributed by atoms with Crippen LogP contribution in [0.1, 0.15) is 0 Å². The smallest absolute Gasteiger partial charge is 0.483 e. The second kappa shape index (κ2) is 15.7. The van der Waals surface area contributed by atoms with E-state index in [9.17, 15) is 0 Å². The first-order valence-corrected chi connectivity index (χ1v) is 1.86. The Labute approximate surface area is 60.5 Å². The topological polar surface area (TPSA) is 158 Å². The highest BCUT2D eigenvalue weighted by atomic mass is 16.6. The van der Waals surface area contributed by atoms with Crippen LogP contribution in [0.3, 0.4) is 0 Å². The fourth-order valence-electron chi connectivity index (χ4n) is 0. The molecule has 0 radical (unpaired) electrons. The molecule has 0 aromatic carbocycles. The first-order chi connectivity index (χ1) is 4.88. The summed E-state index contributed by atoms with van der Waals surface area (Å²) in [6, 6.07) is 0. The van der Waals surface area contributed by atoms with Crippen molar-refractivity contribution in [3.8, 4) is 0 Å². The van der Waals surface area contributed by atoms with E-state index in [1.165, 1.54) is 0 Å². The number of hydrogen-bond donors (Lipinski definition) is 5. The largest absolute Gasteiger partial charge is 0.503 e. The average molecular weight is 169 g/mol. The number of rotatable bonds is 0. The Morgan fingerprint density at radius 3 is 1.18 bits per heavy atom. The normalized spacial score (nSPS) is 5.45. The van der Waals surface area contributed by atoms with Crippen molar-refractivity contribution in [1.82, 2.24) is 0 Å². The summed E-state index contributed by atoms with van der Waals surface area (Å²) in [6.45, 7) is -0.250. The van der Waals surface area contributed by atoms with Crippen molar-refractivity contribution in [2.45, 2.75) is 0 Å². The molecule has 0 heterocycles. The van der Waals surface area contributed by atoms with E-state index in [0.29, 0.717) is 0 Å². The van der Waals surface area contributed by atoms with Crippen LogP contribution >= 0.6 is 0 Å². The van der Waals surface area contributed by atoms with Crippen LogP contribution in [0, 0.1) is 0 Å². The highest BCUT2D eigenvalue weighted by Crippen LogP contribution is 1.42. The second-order valence-corrected chi connectivity index (χ2v) is 0.726. The Hall–Kier alpha value is -1.99. The highest BCUT2D eigenvalue weighted by molar-refractivity contribution is 5.61. The van der Waals surface area contributed by atoms with Gasteiger partial charge in [-0.3, -0.25) is 4.79 Å². The number of primary amides is 1. The molecule has 66 valence electrons. The van der Waals surface area contributed by atoms with Crippen molar-refractivity contribution < 1.29 is 34.8 Å². The van der Waals surface area contributed by atoms with Gasteiger partial charge in [0.1, 0.15) is 0 Å². The Bertz CT molecular complexity index is 101. The first kappa shape index (κ1) is 16.0. The third-order valence-corrected chi connectivity index (χ3v) is 0. The van der Waals surface area contributed by atoms with Crippen LogP contribution in [0.25, 0.3) is 0 Å². The van der Waals surface area contributed by atoms with E-state index in [4.69, 9.17) is 34.8 Å². The maximum atomic E-state index is 8.78. The summed E-state index contributed by atoms with van der Waals surface area (Å²) >= 11 is 0. The molecule has 11 heavy (non-hydrogen) atoms. The van der Waals surface area contributed by atoms with E-state index in [2.05, 4.69) is 5.73 Å². The van der Waals surface area contributed by atoms with Crippen LogP contribution in [-0.4, -0.2) is 39.1 Å². The fourth-order valence-corrected chi connectivity index (χ4v) is 0. The summed E-state index contributed by atoms with van der Waals surface area (Å²) in [5.74, 6) is 0. The lowest BCUT2D eigenvalue weighted by Crippen LogP contribution is -2.03. The molecule has 0 aliphatic rings. The van der Waals surface area contributed by atoms with Gasteiger partial charge in [-0.15, -0.1) is 0 Å². The third kappa shape index (κ3) is 73.1. The maximum absolute atomic E-state index is 8.78. The lowest BCUT2D eigenvalue weighted by atomic mass is 11.3. The number of carbonyl (C=O) groups is 3. The quantitative estimate of drug-likeness (QED) is 0.307. The number of amides is 1. The molecule has 0 aromatic rings. The van der Waals surface area contributed by atoms with Crippen LogP contribution < -0.4 is 5.73 Å². The molecule has 0 fully saturated rings. The first-order valence-electron chi connectivity index (χ1n) is 1.86. The summed E-state index contributed by atoms with van der Waals surface area (Å²) in [4.78, 5) is 25.7. The van der Waals surface area contributed by atoms with Crippen LogP contribution in [0.5, 0.6) is 0 Å². The predicted octanol–water partition coefficient (Wildman–Crippen LogP) is -0.454. The van der Waals surface area contributed by atoms with Crippen molar-refractivity contribution in [3.63, 3.8) is 0 Å². The van der Waals surface area contributed by atoms with E-state index >= 15 is 0 Å². The summed E-state index contributed by atoms with van der Waals surface area (Å²) in [6.07, 6.45) is -3.17. The van der Waals surface area contributed by atoms with Crippen molar-refractivity contribution in [2.75, 3.05) is 0 Å². The van der Waals surface area contributed by atoms with Gasteiger partial charge >= 0.3 is 12.2 Å². The molecular weight excluding hydrogens is 162 g/mol. The van der Waals surface area contributed by atoms with E-state index in [-0.39, 0.29) is 6.47 Å². The lowest BCUT2D eigenvalue weighted by Gasteiger charge is -1.61. The molecule has 8 heteroatoms. The molecular formula is C3H7NO7. The molecule has 0 aromatic heterocycles. The zero-order valence-corrected chi connectivity index (χ0v) is 5.17. The third-order valence-electron chi connectivity index (χ3n) is 0. The van der Waals surface area contributed by atoms with Gasteiger partial charge in [-0.2, -0.15) is 0 Å². The van der Waals surface area contributed by atoms with Gasteiger partial charge in [-0.05, 0) is 0 Å². The van der Waals surface area contributed by atoms with Crippen LogP contribution in [0.4, 0.5) is 9.59 Å². The van der Waals surface area contributed by atoms with E-state index < -0.39 is 12.2 Å². The van der Waals surface area contributed by atoms with Gasteiger partial charge in [0.15, 0.2) is 0 Å². The van der Waals surface area contributed by atoms with Gasteiger partial charge in [0.05, 0.1) is 0 Å². The highest BCUT2D eigenvalue weighted by Gasteiger charge is 1.70. The summed E-state index contributed by atoms with van der Waals surface area (Å²) in [7, 11) is 0. The van der Waals surface area contributed by atoms with Crippen molar-refractivity contribution in [1.29, 1.82) is 0 Å². The van der Waals surface area contributed by atoms with Gasteiger partial charge in [0, 0.05) is 0 Å². The van der Waals surface area contributed by atoms with Gasteiger partial charge in [0.2, 0.25) is 0 Å². The second-order valence-electron chi connectivity index (χ2n) is 0.726. The SMILES string of the molecule is NC(=O)O.O=C(O)O.O=CO. The summed E-state index contributed by atoms with van der Waals surface area (Å²) < 4.78 is 0. The van der Waals surface area contributed by atoms with Crippen LogP contribution in [0.15, 0.2) is 0 Å². The number of nitrogens with two attached hydrogens (primary N) is 1. The maximum Gasteiger partial charge on any atom is 0.503 e. The lowest BCUT2D eigenvalue weighted by molar-refractivity contribution is -0.122. The molecule has 0 aliphatic heterocycles. The Kier molecular flexibility index (Phi) is 22.8. The van der Waals surface area contributed by atoms with E-state index in [1.807, 2.05) is 0 Å². The Morgan fingerprint density at radius 1 is 1.18 bits per heavy atom. The zero-order valence-electron chi connectivity index (χ0n) is 5.17. The molecule has 0 rings (SSSR count). The molecule has 0 saturated carbocycles. The van der Waals surface area contributed by atoms with Gasteiger partial charge in [0.25, 0.3) is 6.47 Å². The minimum absolute atomic E-state index is 0.250. The molecule has 0 bridgehead atoms. The summed E-state index contributed by atoms with van der Waals surface area (Å²) in [5, 5.41) is 28.0. The monoisotopic (exact) mass is 169 g/mol. The van der Waals surface area contributed by atoms with Crippen LogP contribution in [-0.2, 0) is 4.79 Å². The molecule has 0 unspecified atom stereocenters. The number of hydrogen-bond acceptors (Lipinski definition) is 3. The Balaban J connectivity index is -0.0000000886. The molecule has 0 atom stereocenters. The van der Waals surface area contributed by atoms with Gasteiger partial charge in [-0.1, -0.05) is 0 Å². The molecule has 0 aliphatic carbocycles. The van der Waals surface area contributed by atoms with Gasteiger partial charge in [-0.25, -0.2) is 9.59 Å². The average Bonchev–Trinajstić information content (AvgIpc) is 1.60. The minimum atomic E-state index is -1.83. The molecule has 0 spiro atoms. The summed E-state index contributed by atoms with van der Waals surface area (Å²) in [5.41, 5.74) is 4.03. The molecule has 0 saturated heterocycles. The van der Waals surface area contributed by atoms with E-state index in [1.54, 1.807) is 0 Å². The van der Waals surface area contributed by atoms with Gasteiger partial charge < -0.3 is 26.2 Å².